The van der Waals surface area contributed by atoms with E-state index >= 15 is 0 Å². The van der Waals surface area contributed by atoms with Gasteiger partial charge in [-0.3, -0.25) is 9.59 Å². The lowest BCUT2D eigenvalue weighted by Gasteiger charge is -2.37. The fourth-order valence-electron chi connectivity index (χ4n) is 5.80. The van der Waals surface area contributed by atoms with E-state index in [0.717, 1.165) is 49.7 Å². The number of carbonyl (C=O) groups excluding carboxylic acids is 4. The summed E-state index contributed by atoms with van der Waals surface area (Å²) in [5.74, 6) is -1.68. The molecule has 3 amide bonds. The van der Waals surface area contributed by atoms with Crippen molar-refractivity contribution >= 4 is 23.9 Å². The molecule has 4 atom stereocenters. The third-order valence-electron chi connectivity index (χ3n) is 8.74. The zero-order valence-electron chi connectivity index (χ0n) is 33.0. The highest BCUT2D eigenvalue weighted by molar-refractivity contribution is 5.94. The van der Waals surface area contributed by atoms with Gasteiger partial charge in [0, 0.05) is 13.0 Å². The summed E-state index contributed by atoms with van der Waals surface area (Å²) in [5, 5.41) is 5.85. The van der Waals surface area contributed by atoms with Gasteiger partial charge < -0.3 is 25.0 Å². The maximum absolute atomic E-state index is 14.8. The second-order valence-corrected chi connectivity index (χ2v) is 15.6. The minimum Gasteiger partial charge on any atom is -0.458 e. The number of benzene rings is 2. The van der Waals surface area contributed by atoms with Crippen LogP contribution in [0.2, 0.25) is 0 Å². The van der Waals surface area contributed by atoms with E-state index in [1.807, 2.05) is 68.4 Å². The Labute approximate surface area is 307 Å². The molecule has 0 bridgehead atoms. The van der Waals surface area contributed by atoms with E-state index in [4.69, 9.17) is 9.47 Å². The maximum atomic E-state index is 14.8. The number of unbranched alkanes of at least 4 members (excludes halogenated alkanes) is 5. The van der Waals surface area contributed by atoms with Crippen LogP contribution in [0.5, 0.6) is 0 Å². The van der Waals surface area contributed by atoms with Gasteiger partial charge in [-0.25, -0.2) is 9.59 Å². The largest absolute Gasteiger partial charge is 0.458 e. The molecule has 0 radical (unpaired) electrons. The average Bonchev–Trinajstić information content (AvgIpc) is 3.06. The van der Waals surface area contributed by atoms with Crippen molar-refractivity contribution in [3.05, 3.63) is 71.3 Å². The molecule has 9 nitrogen and oxygen atoms in total. The lowest BCUT2D eigenvalue weighted by Crippen LogP contribution is -2.56. The standard InChI is InChI=1S/C42H65N3O6/c1-11-14-15-16-17-21-28-45(38(47)35(30(4)12-2)44-40(49)51-42(8,9)10)36(33-26-24-31(13-3)25-27-33)37(46)43-34(39(48)50-41(5,6)7)29-32-22-19-18-20-23-32/h18-20,22-27,30,34-36H,11-17,21,28-29H2,1-10H3,(H,43,46)(H,44,49). The van der Waals surface area contributed by atoms with Crippen LogP contribution in [0.15, 0.2) is 54.6 Å². The van der Waals surface area contributed by atoms with Crippen molar-refractivity contribution in [2.24, 2.45) is 5.92 Å². The maximum Gasteiger partial charge on any atom is 0.408 e. The van der Waals surface area contributed by atoms with E-state index in [2.05, 4.69) is 24.5 Å². The Bertz CT molecular complexity index is 1360. The van der Waals surface area contributed by atoms with Crippen LogP contribution >= 0.6 is 0 Å². The summed E-state index contributed by atoms with van der Waals surface area (Å²) in [6.07, 6.45) is 6.87. The molecule has 0 aliphatic carbocycles. The van der Waals surface area contributed by atoms with Gasteiger partial charge in [0.25, 0.3) is 0 Å². The summed E-state index contributed by atoms with van der Waals surface area (Å²) in [7, 11) is 0. The number of nitrogens with zero attached hydrogens (tertiary/aromatic N) is 1. The third kappa shape index (κ3) is 15.5. The smallest absolute Gasteiger partial charge is 0.408 e. The van der Waals surface area contributed by atoms with Gasteiger partial charge in [0.1, 0.15) is 29.3 Å². The summed E-state index contributed by atoms with van der Waals surface area (Å²) in [4.78, 5) is 57.9. The highest BCUT2D eigenvalue weighted by atomic mass is 16.6. The molecule has 2 rings (SSSR count). The van der Waals surface area contributed by atoms with E-state index in [1.54, 1.807) is 46.4 Å². The number of amides is 3. The van der Waals surface area contributed by atoms with E-state index < -0.39 is 47.3 Å². The van der Waals surface area contributed by atoms with Crippen LogP contribution in [0.3, 0.4) is 0 Å². The second kappa shape index (κ2) is 20.8. The SMILES string of the molecule is CCCCCCCCN(C(=O)C(NC(=O)OC(C)(C)C)C(C)CC)C(C(=O)NC(Cc1ccccc1)C(=O)OC(C)(C)C)c1ccc(CC)cc1. The number of rotatable bonds is 19. The van der Waals surface area contributed by atoms with E-state index in [-0.39, 0.29) is 24.8 Å². The molecule has 2 aromatic rings. The Morgan fingerprint density at radius 1 is 0.725 bits per heavy atom. The van der Waals surface area contributed by atoms with Gasteiger partial charge in [0.2, 0.25) is 11.8 Å². The van der Waals surface area contributed by atoms with Crippen LogP contribution in [0.25, 0.3) is 0 Å². The lowest BCUT2D eigenvalue weighted by molar-refractivity contribution is -0.159. The first-order chi connectivity index (χ1) is 24.0. The lowest BCUT2D eigenvalue weighted by atomic mass is 9.94. The molecule has 0 spiro atoms. The molecule has 0 aliphatic rings. The Balaban J connectivity index is 2.66. The zero-order chi connectivity index (χ0) is 38.2. The topological polar surface area (TPSA) is 114 Å². The number of hydrogen-bond acceptors (Lipinski definition) is 6. The summed E-state index contributed by atoms with van der Waals surface area (Å²) < 4.78 is 11.4. The first-order valence-corrected chi connectivity index (χ1v) is 19.0. The number of esters is 1. The number of hydrogen-bond donors (Lipinski definition) is 2. The molecule has 0 heterocycles. The first-order valence-electron chi connectivity index (χ1n) is 19.0. The van der Waals surface area contributed by atoms with Gasteiger partial charge in [-0.15, -0.1) is 0 Å². The third-order valence-corrected chi connectivity index (χ3v) is 8.74. The zero-order valence-corrected chi connectivity index (χ0v) is 33.0. The van der Waals surface area contributed by atoms with Crippen LogP contribution < -0.4 is 10.6 Å². The van der Waals surface area contributed by atoms with Gasteiger partial charge in [-0.2, -0.15) is 0 Å². The Morgan fingerprint density at radius 3 is 1.86 bits per heavy atom. The molecule has 2 N–H and O–H groups in total. The summed E-state index contributed by atoms with van der Waals surface area (Å²) in [6, 6.07) is 14.1. The summed E-state index contributed by atoms with van der Waals surface area (Å²) in [6.45, 7) is 19.1. The minimum absolute atomic E-state index is 0.212. The second-order valence-electron chi connectivity index (χ2n) is 15.6. The number of aryl methyl sites for hydroxylation is 1. The molecule has 2 aromatic carbocycles. The van der Waals surface area contributed by atoms with Crippen molar-refractivity contribution in [2.45, 2.75) is 156 Å². The van der Waals surface area contributed by atoms with Crippen molar-refractivity contribution in [1.29, 1.82) is 0 Å². The predicted octanol–water partition coefficient (Wildman–Crippen LogP) is 8.49. The molecular formula is C42H65N3O6. The van der Waals surface area contributed by atoms with Gasteiger partial charge in [-0.1, -0.05) is 121 Å². The molecular weight excluding hydrogens is 642 g/mol. The Morgan fingerprint density at radius 2 is 1.31 bits per heavy atom. The fourth-order valence-corrected chi connectivity index (χ4v) is 5.80. The molecule has 0 saturated heterocycles. The van der Waals surface area contributed by atoms with Crippen molar-refractivity contribution in [2.75, 3.05) is 6.54 Å². The predicted molar refractivity (Wildman–Crippen MR) is 204 cm³/mol. The van der Waals surface area contributed by atoms with Crippen LogP contribution in [0, 0.1) is 5.92 Å². The van der Waals surface area contributed by atoms with Gasteiger partial charge in [-0.05, 0) is 77.0 Å². The van der Waals surface area contributed by atoms with Crippen LogP contribution in [0.1, 0.15) is 137 Å². The number of nitrogens with one attached hydrogen (secondary N) is 2. The number of carbonyl (C=O) groups is 4. The van der Waals surface area contributed by atoms with Crippen LogP contribution in [-0.2, 0) is 36.7 Å². The van der Waals surface area contributed by atoms with E-state index in [9.17, 15) is 19.2 Å². The van der Waals surface area contributed by atoms with E-state index in [0.29, 0.717) is 18.4 Å². The molecule has 0 fully saturated rings. The summed E-state index contributed by atoms with van der Waals surface area (Å²) >= 11 is 0. The molecule has 284 valence electrons. The molecule has 9 heteroatoms. The normalized spacial score (nSPS) is 14.1. The van der Waals surface area contributed by atoms with Crippen molar-refractivity contribution < 1.29 is 28.7 Å². The molecule has 0 aromatic heterocycles. The Kier molecular flexibility index (Phi) is 17.7. The molecule has 0 aliphatic heterocycles. The number of ether oxygens (including phenoxy) is 2. The first kappa shape index (κ1) is 43.3. The highest BCUT2D eigenvalue weighted by Gasteiger charge is 2.39. The molecule has 4 unspecified atom stereocenters. The fraction of sp³-hybridized carbons (Fsp3) is 0.619. The van der Waals surface area contributed by atoms with Gasteiger partial charge in [0.05, 0.1) is 0 Å². The van der Waals surface area contributed by atoms with Crippen molar-refractivity contribution in [3.63, 3.8) is 0 Å². The average molecular weight is 708 g/mol. The Hall–Kier alpha value is -3.88. The number of alkyl carbamates (subject to hydrolysis) is 1. The molecule has 51 heavy (non-hydrogen) atoms. The quantitative estimate of drug-likeness (QED) is 0.112. The van der Waals surface area contributed by atoms with Crippen LogP contribution in [0.4, 0.5) is 4.79 Å². The minimum atomic E-state index is -1.08. The van der Waals surface area contributed by atoms with Crippen molar-refractivity contribution in [3.8, 4) is 0 Å². The van der Waals surface area contributed by atoms with Crippen molar-refractivity contribution in [1.82, 2.24) is 15.5 Å². The summed E-state index contributed by atoms with van der Waals surface area (Å²) in [5.41, 5.74) is 1.03. The van der Waals surface area contributed by atoms with E-state index in [1.165, 1.54) is 0 Å². The van der Waals surface area contributed by atoms with Gasteiger partial charge in [0.15, 0.2) is 0 Å². The highest BCUT2D eigenvalue weighted by Crippen LogP contribution is 2.27. The van der Waals surface area contributed by atoms with Gasteiger partial charge >= 0.3 is 12.1 Å². The molecule has 0 saturated carbocycles. The monoisotopic (exact) mass is 707 g/mol. The van der Waals surface area contributed by atoms with Crippen LogP contribution in [-0.4, -0.2) is 58.6 Å².